The molecule has 1 saturated carbocycles. The minimum absolute atomic E-state index is 0.0114. The van der Waals surface area contributed by atoms with Gasteiger partial charge < -0.3 is 11.5 Å². The Labute approximate surface area is 305 Å². The zero-order chi connectivity index (χ0) is 35.0. The van der Waals surface area contributed by atoms with E-state index < -0.39 is 0 Å². The molecule has 0 unspecified atom stereocenters. The fourth-order valence-corrected chi connectivity index (χ4v) is 8.60. The number of para-hydroxylation sites is 2. The van der Waals surface area contributed by atoms with Gasteiger partial charge in [0.25, 0.3) is 0 Å². The molecule has 0 aliphatic heterocycles. The minimum Gasteiger partial charge on any atom is -0.398 e. The van der Waals surface area contributed by atoms with E-state index >= 15 is 0 Å². The summed E-state index contributed by atoms with van der Waals surface area (Å²) in [7, 11) is 0. The van der Waals surface area contributed by atoms with Crippen LogP contribution in [0.3, 0.4) is 0 Å². The van der Waals surface area contributed by atoms with Crippen molar-refractivity contribution in [3.63, 3.8) is 0 Å². The van der Waals surface area contributed by atoms with E-state index in [-0.39, 0.29) is 5.41 Å². The maximum atomic E-state index is 6.45. The third-order valence-electron chi connectivity index (χ3n) is 11.5. The predicted molar refractivity (Wildman–Crippen MR) is 220 cm³/mol. The number of unbranched alkanes of at least 4 members (excludes halogenated alkanes) is 4. The average Bonchev–Trinajstić information content (AvgIpc) is 3.19. The topological polar surface area (TPSA) is 52.0 Å². The number of hydrogen-bond donors (Lipinski definition) is 2. The third kappa shape index (κ3) is 7.38. The third-order valence-corrected chi connectivity index (χ3v) is 11.5. The van der Waals surface area contributed by atoms with Gasteiger partial charge in [0.05, 0.1) is 0 Å². The molecule has 6 aromatic carbocycles. The highest BCUT2D eigenvalue weighted by atomic mass is 14.6. The van der Waals surface area contributed by atoms with Crippen molar-refractivity contribution in [2.24, 2.45) is 5.92 Å². The number of nitrogens with two attached hydrogens (primary N) is 2. The molecular formula is C49H52N2. The number of nitrogen functional groups attached to an aromatic ring is 2. The van der Waals surface area contributed by atoms with Crippen molar-refractivity contribution in [2.75, 3.05) is 11.5 Å². The van der Waals surface area contributed by atoms with Gasteiger partial charge in [0.1, 0.15) is 0 Å². The monoisotopic (exact) mass is 668 g/mol. The van der Waals surface area contributed by atoms with Crippen LogP contribution < -0.4 is 11.5 Å². The lowest BCUT2D eigenvalue weighted by Gasteiger charge is -2.42. The lowest BCUT2D eigenvalue weighted by Crippen LogP contribution is -2.33. The molecule has 1 aliphatic rings. The first-order valence-corrected chi connectivity index (χ1v) is 19.2. The van der Waals surface area contributed by atoms with Gasteiger partial charge in [0.2, 0.25) is 0 Å². The lowest BCUT2D eigenvalue weighted by atomic mass is 9.62. The summed E-state index contributed by atoms with van der Waals surface area (Å²) < 4.78 is 0. The SMILES string of the molecule is CCCCCCCC1CCC(c2ccc(-c3ccccc3-c3ccccc3N)cc2)(c2ccc(-c3ccccc3-c3ccccc3N)cc2)CC1. The van der Waals surface area contributed by atoms with E-state index in [1.165, 1.54) is 109 Å². The van der Waals surface area contributed by atoms with Crippen molar-refractivity contribution < 1.29 is 0 Å². The largest absolute Gasteiger partial charge is 0.398 e. The molecule has 258 valence electrons. The van der Waals surface area contributed by atoms with Crippen LogP contribution in [0.15, 0.2) is 146 Å². The summed E-state index contributed by atoms with van der Waals surface area (Å²) in [5.41, 5.74) is 26.7. The zero-order valence-corrected chi connectivity index (χ0v) is 30.2. The molecule has 0 bridgehead atoms. The molecule has 6 aromatic rings. The van der Waals surface area contributed by atoms with Crippen LogP contribution in [0, 0.1) is 5.92 Å². The van der Waals surface area contributed by atoms with Crippen molar-refractivity contribution in [1.29, 1.82) is 0 Å². The quantitative estimate of drug-likeness (QED) is 0.101. The first-order valence-electron chi connectivity index (χ1n) is 19.2. The number of benzene rings is 6. The first-order chi connectivity index (χ1) is 25.1. The van der Waals surface area contributed by atoms with Crippen molar-refractivity contribution in [3.8, 4) is 44.5 Å². The fraction of sp³-hybridized carbons (Fsp3) is 0.265. The molecule has 0 aromatic heterocycles. The van der Waals surface area contributed by atoms with Gasteiger partial charge in [0.15, 0.2) is 0 Å². The highest BCUT2D eigenvalue weighted by molar-refractivity contribution is 5.89. The zero-order valence-electron chi connectivity index (χ0n) is 30.2. The van der Waals surface area contributed by atoms with Crippen LogP contribution in [0.2, 0.25) is 0 Å². The fourth-order valence-electron chi connectivity index (χ4n) is 8.60. The molecule has 0 radical (unpaired) electrons. The Hall–Kier alpha value is -5.08. The lowest BCUT2D eigenvalue weighted by molar-refractivity contribution is 0.250. The summed E-state index contributed by atoms with van der Waals surface area (Å²) in [6, 6.07) is 52.6. The summed E-state index contributed by atoms with van der Waals surface area (Å²) >= 11 is 0. The number of rotatable bonds is 12. The summed E-state index contributed by atoms with van der Waals surface area (Å²) in [6.45, 7) is 2.30. The highest BCUT2D eigenvalue weighted by Crippen LogP contribution is 2.49. The summed E-state index contributed by atoms with van der Waals surface area (Å²) in [5, 5.41) is 0. The van der Waals surface area contributed by atoms with E-state index in [2.05, 4.69) is 128 Å². The van der Waals surface area contributed by atoms with E-state index in [1.54, 1.807) is 0 Å². The number of anilines is 2. The molecule has 4 N–H and O–H groups in total. The van der Waals surface area contributed by atoms with E-state index in [0.29, 0.717) is 0 Å². The molecule has 7 rings (SSSR count). The molecule has 51 heavy (non-hydrogen) atoms. The maximum absolute atomic E-state index is 6.45. The van der Waals surface area contributed by atoms with Crippen LogP contribution in [0.4, 0.5) is 11.4 Å². The molecule has 2 nitrogen and oxygen atoms in total. The molecule has 0 saturated heterocycles. The molecule has 0 amide bonds. The Bertz CT molecular complexity index is 1900. The first kappa shape index (κ1) is 34.4. The normalized spacial score (nSPS) is 14.4. The smallest absolute Gasteiger partial charge is 0.0393 e. The van der Waals surface area contributed by atoms with E-state index in [1.807, 2.05) is 24.3 Å². The van der Waals surface area contributed by atoms with Gasteiger partial charge in [-0.1, -0.05) is 179 Å². The van der Waals surface area contributed by atoms with Crippen molar-refractivity contribution in [2.45, 2.75) is 76.5 Å². The van der Waals surface area contributed by atoms with Crippen LogP contribution >= 0.6 is 0 Å². The Kier molecular flexibility index (Phi) is 10.7. The van der Waals surface area contributed by atoms with Crippen LogP contribution in [-0.4, -0.2) is 0 Å². The Morgan fingerprint density at radius 1 is 0.451 bits per heavy atom. The molecule has 1 aliphatic carbocycles. The highest BCUT2D eigenvalue weighted by Gasteiger charge is 2.38. The molecule has 0 heterocycles. The Balaban J connectivity index is 1.21. The number of hydrogen-bond acceptors (Lipinski definition) is 2. The van der Waals surface area contributed by atoms with Crippen LogP contribution in [0.5, 0.6) is 0 Å². The molecular weight excluding hydrogens is 617 g/mol. The van der Waals surface area contributed by atoms with Crippen molar-refractivity contribution in [1.82, 2.24) is 0 Å². The van der Waals surface area contributed by atoms with E-state index in [0.717, 1.165) is 28.4 Å². The van der Waals surface area contributed by atoms with Gasteiger partial charge in [0, 0.05) is 27.9 Å². The van der Waals surface area contributed by atoms with Gasteiger partial charge in [-0.15, -0.1) is 0 Å². The second-order valence-corrected chi connectivity index (χ2v) is 14.6. The summed E-state index contributed by atoms with van der Waals surface area (Å²) in [6.07, 6.45) is 13.1. The predicted octanol–water partition coefficient (Wildman–Crippen LogP) is 13.4. The van der Waals surface area contributed by atoms with Crippen molar-refractivity contribution in [3.05, 3.63) is 157 Å². The molecule has 2 heteroatoms. The van der Waals surface area contributed by atoms with E-state index in [4.69, 9.17) is 11.5 Å². The van der Waals surface area contributed by atoms with Crippen LogP contribution in [0.25, 0.3) is 44.5 Å². The Morgan fingerprint density at radius 2 is 0.843 bits per heavy atom. The minimum atomic E-state index is -0.0114. The van der Waals surface area contributed by atoms with Gasteiger partial charge in [-0.05, 0) is 88.2 Å². The second-order valence-electron chi connectivity index (χ2n) is 14.6. The van der Waals surface area contributed by atoms with E-state index in [9.17, 15) is 0 Å². The average molecular weight is 669 g/mol. The van der Waals surface area contributed by atoms with Gasteiger partial charge in [-0.25, -0.2) is 0 Å². The van der Waals surface area contributed by atoms with Crippen LogP contribution in [0.1, 0.15) is 82.3 Å². The molecule has 1 fully saturated rings. The van der Waals surface area contributed by atoms with Gasteiger partial charge >= 0.3 is 0 Å². The van der Waals surface area contributed by atoms with Gasteiger partial charge in [-0.2, -0.15) is 0 Å². The van der Waals surface area contributed by atoms with Gasteiger partial charge in [-0.3, -0.25) is 0 Å². The standard InChI is InChI=1S/C49H52N2/c1-2-3-4-5-6-15-36-32-34-49(35-33-36,39-28-24-37(25-29-39)41-16-7-9-18-43(41)45-20-11-13-22-47(45)50)40-30-26-38(27-31-40)42-17-8-10-19-44(42)46-21-12-14-23-48(46)51/h7-14,16-31,36H,2-6,15,32-35,50-51H2,1H3. The second kappa shape index (κ2) is 15.9. The Morgan fingerprint density at radius 3 is 1.27 bits per heavy atom. The summed E-state index contributed by atoms with van der Waals surface area (Å²) in [5.74, 6) is 0.824. The summed E-state index contributed by atoms with van der Waals surface area (Å²) in [4.78, 5) is 0. The molecule has 0 spiro atoms. The molecule has 0 atom stereocenters. The van der Waals surface area contributed by atoms with Crippen LogP contribution in [-0.2, 0) is 5.41 Å². The maximum Gasteiger partial charge on any atom is 0.0393 e. The van der Waals surface area contributed by atoms with Crippen molar-refractivity contribution >= 4 is 11.4 Å².